The number of carbonyl (C=O) groups excluding carboxylic acids is 2. The molecule has 1 aliphatic heterocycles. The maximum absolute atomic E-state index is 12.4. The van der Waals surface area contributed by atoms with Crippen LogP contribution in [0.3, 0.4) is 0 Å². The average molecular weight is 414 g/mol. The fraction of sp³-hybridized carbons (Fsp3) is 0.524. The monoisotopic (exact) mass is 414 g/mol. The molecule has 2 aromatic rings. The average Bonchev–Trinajstić information content (AvgIpc) is 3.27. The van der Waals surface area contributed by atoms with Crippen LogP contribution in [0.2, 0.25) is 0 Å². The number of rotatable bonds is 5. The highest BCUT2D eigenvalue weighted by Crippen LogP contribution is 2.24. The van der Waals surface area contributed by atoms with E-state index in [2.05, 4.69) is 10.6 Å². The minimum Gasteiger partial charge on any atom is -0.445 e. The molecule has 1 saturated heterocycles. The lowest BCUT2D eigenvalue weighted by molar-refractivity contribution is -0.759. The maximum atomic E-state index is 12.4. The molecule has 1 aromatic carbocycles. The summed E-state index contributed by atoms with van der Waals surface area (Å²) in [5.74, 6) is 0.405. The van der Waals surface area contributed by atoms with Crippen molar-refractivity contribution < 1.29 is 23.6 Å². The van der Waals surface area contributed by atoms with Crippen molar-refractivity contribution in [2.45, 2.75) is 38.7 Å². The van der Waals surface area contributed by atoms with Gasteiger partial charge in [-0.2, -0.15) is 0 Å². The quantitative estimate of drug-likeness (QED) is 0.753. The number of hydrogen-bond acceptors (Lipinski definition) is 6. The van der Waals surface area contributed by atoms with Crippen LogP contribution in [0.25, 0.3) is 0 Å². The van der Waals surface area contributed by atoms with Crippen LogP contribution >= 0.6 is 0 Å². The molecule has 0 spiro atoms. The van der Waals surface area contributed by atoms with Crippen molar-refractivity contribution in [3.05, 3.63) is 42.1 Å². The van der Waals surface area contributed by atoms with Gasteiger partial charge < -0.3 is 9.64 Å². The number of aromatic nitrogens is 2. The second-order valence-corrected chi connectivity index (χ2v) is 7.79. The Morgan fingerprint density at radius 2 is 1.83 bits per heavy atom. The molecule has 0 radical (unpaired) electrons. The number of hydrogen-bond donors (Lipinski definition) is 1. The summed E-state index contributed by atoms with van der Waals surface area (Å²) in [6.45, 7) is 2.50. The van der Waals surface area contributed by atoms with Crippen molar-refractivity contribution in [1.29, 1.82) is 0 Å². The molecule has 1 aromatic heterocycles. The van der Waals surface area contributed by atoms with Gasteiger partial charge in [0.2, 0.25) is 11.2 Å². The molecule has 2 amide bonds. The van der Waals surface area contributed by atoms with E-state index in [4.69, 9.17) is 9.26 Å². The zero-order chi connectivity index (χ0) is 20.8. The van der Waals surface area contributed by atoms with Gasteiger partial charge >= 0.3 is 12.0 Å². The third-order valence-electron chi connectivity index (χ3n) is 5.69. The predicted octanol–water partition coefficient (Wildman–Crippen LogP) is 2.07. The fourth-order valence-corrected chi connectivity index (χ4v) is 3.91. The standard InChI is InChI=1S/C21H27N5O4/c27-20(18-9-5-2-6-10-18)22-19-15-26(23-30-19)25-13-11-24(12-14-25)21(28)29-16-17-7-3-1-4-8-17/h1,3-4,7-8,15,18H,2,5-6,9-14,16H2/p+1. The lowest BCUT2D eigenvalue weighted by Crippen LogP contribution is -2.65. The van der Waals surface area contributed by atoms with Gasteiger partial charge in [-0.05, 0) is 18.4 Å². The Labute approximate surface area is 175 Å². The number of benzene rings is 1. The van der Waals surface area contributed by atoms with Crippen molar-refractivity contribution >= 4 is 17.9 Å². The van der Waals surface area contributed by atoms with E-state index in [-0.39, 0.29) is 24.5 Å². The normalized spacial score (nSPS) is 17.6. The molecule has 2 heterocycles. The van der Waals surface area contributed by atoms with E-state index in [0.717, 1.165) is 31.2 Å². The van der Waals surface area contributed by atoms with Crippen LogP contribution in [0.4, 0.5) is 10.7 Å². The Morgan fingerprint density at radius 3 is 2.57 bits per heavy atom. The number of nitrogens with one attached hydrogen (secondary N) is 1. The van der Waals surface area contributed by atoms with E-state index in [0.29, 0.717) is 32.1 Å². The highest BCUT2D eigenvalue weighted by Gasteiger charge is 2.30. The minimum atomic E-state index is -0.316. The summed E-state index contributed by atoms with van der Waals surface area (Å²) in [5, 5.41) is 8.79. The largest absolute Gasteiger partial charge is 0.445 e. The first kappa shape index (κ1) is 20.2. The molecule has 4 rings (SSSR count). The fourth-order valence-electron chi connectivity index (χ4n) is 3.91. The third-order valence-corrected chi connectivity index (χ3v) is 5.69. The van der Waals surface area contributed by atoms with Crippen LogP contribution in [0.5, 0.6) is 0 Å². The Bertz CT molecular complexity index is 842. The SMILES string of the molecule is O=C(Nc1c[n+](N2CCN(C(=O)OCc3ccccc3)CC2)no1)C1CCCCC1. The Morgan fingerprint density at radius 1 is 1.10 bits per heavy atom. The van der Waals surface area contributed by atoms with Crippen LogP contribution in [-0.2, 0) is 16.1 Å². The summed E-state index contributed by atoms with van der Waals surface area (Å²) in [7, 11) is 0. The molecule has 9 nitrogen and oxygen atoms in total. The van der Waals surface area contributed by atoms with Crippen molar-refractivity contribution in [3.63, 3.8) is 0 Å². The lowest BCUT2D eigenvalue weighted by Gasteiger charge is -2.29. The minimum absolute atomic E-state index is 0.00369. The summed E-state index contributed by atoms with van der Waals surface area (Å²) >= 11 is 0. The number of anilines is 1. The van der Waals surface area contributed by atoms with Crippen LogP contribution < -0.4 is 15.1 Å². The number of piperazine rings is 1. The second-order valence-electron chi connectivity index (χ2n) is 7.79. The van der Waals surface area contributed by atoms with Crippen LogP contribution in [0.15, 0.2) is 41.1 Å². The number of ether oxygens (including phenoxy) is 1. The first-order valence-corrected chi connectivity index (χ1v) is 10.6. The molecule has 30 heavy (non-hydrogen) atoms. The third kappa shape index (κ3) is 5.08. The van der Waals surface area contributed by atoms with E-state index in [1.807, 2.05) is 35.3 Å². The topological polar surface area (TPSA) is 91.8 Å². The first-order chi connectivity index (χ1) is 14.7. The van der Waals surface area contributed by atoms with E-state index in [1.54, 1.807) is 15.9 Å². The van der Waals surface area contributed by atoms with Crippen LogP contribution in [-0.4, -0.2) is 48.4 Å². The highest BCUT2D eigenvalue weighted by molar-refractivity contribution is 5.91. The van der Waals surface area contributed by atoms with E-state index < -0.39 is 0 Å². The van der Waals surface area contributed by atoms with Crippen molar-refractivity contribution in [2.24, 2.45) is 5.92 Å². The molecule has 0 atom stereocenters. The van der Waals surface area contributed by atoms with Crippen molar-refractivity contribution in [2.75, 3.05) is 36.5 Å². The smallest absolute Gasteiger partial charge is 0.410 e. The number of amides is 2. The molecule has 160 valence electrons. The van der Waals surface area contributed by atoms with E-state index in [9.17, 15) is 9.59 Å². The van der Waals surface area contributed by atoms with Gasteiger partial charge in [-0.15, -0.1) is 5.01 Å². The molecule has 9 heteroatoms. The molecule has 2 fully saturated rings. The molecule has 1 N–H and O–H groups in total. The predicted molar refractivity (Wildman–Crippen MR) is 108 cm³/mol. The van der Waals surface area contributed by atoms with E-state index in [1.165, 1.54) is 6.42 Å². The zero-order valence-corrected chi connectivity index (χ0v) is 17.0. The van der Waals surface area contributed by atoms with E-state index >= 15 is 0 Å². The Hall–Kier alpha value is -3.10. The summed E-state index contributed by atoms with van der Waals surface area (Å²) in [6.07, 6.45) is 6.63. The summed E-state index contributed by atoms with van der Waals surface area (Å²) in [6, 6.07) is 9.62. The summed E-state index contributed by atoms with van der Waals surface area (Å²) in [5.41, 5.74) is 0.963. The summed E-state index contributed by atoms with van der Waals surface area (Å²) in [4.78, 5) is 27.9. The Balaban J connectivity index is 1.23. The van der Waals surface area contributed by atoms with Gasteiger partial charge in [-0.3, -0.25) is 14.6 Å². The first-order valence-electron chi connectivity index (χ1n) is 10.6. The molecule has 2 aliphatic rings. The molecular formula is C21H28N5O4+. The zero-order valence-electron chi connectivity index (χ0n) is 17.0. The van der Waals surface area contributed by atoms with Gasteiger partial charge in [-0.25, -0.2) is 4.79 Å². The van der Waals surface area contributed by atoms with Gasteiger partial charge in [0.15, 0.2) is 0 Å². The highest BCUT2D eigenvalue weighted by atomic mass is 16.6. The molecule has 0 unspecified atom stereocenters. The molecule has 0 bridgehead atoms. The Kier molecular flexibility index (Phi) is 6.46. The van der Waals surface area contributed by atoms with Gasteiger partial charge in [0.05, 0.1) is 17.9 Å². The summed E-state index contributed by atoms with van der Waals surface area (Å²) < 4.78 is 10.7. The lowest BCUT2D eigenvalue weighted by atomic mass is 9.89. The van der Waals surface area contributed by atoms with Gasteiger partial charge in [0.1, 0.15) is 6.61 Å². The van der Waals surface area contributed by atoms with Gasteiger partial charge in [-0.1, -0.05) is 49.6 Å². The number of carbonyl (C=O) groups is 2. The van der Waals surface area contributed by atoms with Crippen LogP contribution in [0, 0.1) is 5.92 Å². The van der Waals surface area contributed by atoms with Gasteiger partial charge in [0.25, 0.3) is 6.20 Å². The maximum Gasteiger partial charge on any atom is 0.410 e. The van der Waals surface area contributed by atoms with Crippen LogP contribution in [0.1, 0.15) is 37.7 Å². The van der Waals surface area contributed by atoms with Crippen molar-refractivity contribution in [3.8, 4) is 0 Å². The molecule has 1 saturated carbocycles. The van der Waals surface area contributed by atoms with Crippen molar-refractivity contribution in [1.82, 2.24) is 10.2 Å². The van der Waals surface area contributed by atoms with Gasteiger partial charge in [0, 0.05) is 19.0 Å². The molecule has 1 aliphatic carbocycles. The number of nitrogens with zero attached hydrogens (tertiary/aromatic N) is 4. The second kappa shape index (κ2) is 9.60. The molecular weight excluding hydrogens is 386 g/mol.